The van der Waals surface area contributed by atoms with Crippen LogP contribution in [0.5, 0.6) is 0 Å². The summed E-state index contributed by atoms with van der Waals surface area (Å²) < 4.78 is 0.854. The number of thiophene rings is 1. The molecule has 0 radical (unpaired) electrons. The van der Waals surface area contributed by atoms with E-state index in [2.05, 4.69) is 26.6 Å². The lowest BCUT2D eigenvalue weighted by molar-refractivity contribution is -0.114. The molecule has 0 aliphatic carbocycles. The van der Waals surface area contributed by atoms with Crippen LogP contribution in [-0.2, 0) is 11.3 Å². The Morgan fingerprint density at radius 2 is 2.21 bits per heavy atom. The van der Waals surface area contributed by atoms with Gasteiger partial charge < -0.3 is 10.6 Å². The molecule has 0 fully saturated rings. The predicted octanol–water partition coefficient (Wildman–Crippen LogP) is 4.73. The highest BCUT2D eigenvalue weighted by Gasteiger charge is 2.06. The molecule has 1 aromatic heterocycles. The van der Waals surface area contributed by atoms with E-state index in [0.717, 1.165) is 20.7 Å². The molecule has 0 aliphatic heterocycles. The molecule has 3 nitrogen and oxygen atoms in total. The zero-order chi connectivity index (χ0) is 13.8. The Balaban J connectivity index is 2.04. The van der Waals surface area contributed by atoms with Crippen molar-refractivity contribution in [2.45, 2.75) is 13.5 Å². The van der Waals surface area contributed by atoms with Crippen molar-refractivity contribution in [2.24, 2.45) is 0 Å². The molecule has 0 bridgehead atoms. The zero-order valence-corrected chi connectivity index (χ0v) is 13.3. The Bertz CT molecular complexity index is 600. The molecule has 1 heterocycles. The molecule has 0 saturated heterocycles. The normalized spacial score (nSPS) is 10.3. The van der Waals surface area contributed by atoms with E-state index < -0.39 is 0 Å². The van der Waals surface area contributed by atoms with Gasteiger partial charge in [0.05, 0.1) is 17.3 Å². The van der Waals surface area contributed by atoms with E-state index in [1.807, 2.05) is 29.6 Å². The molecule has 1 aromatic carbocycles. The summed E-state index contributed by atoms with van der Waals surface area (Å²) in [7, 11) is 0. The minimum absolute atomic E-state index is 0.0612. The number of amides is 1. The zero-order valence-electron chi connectivity index (χ0n) is 10.2. The van der Waals surface area contributed by atoms with Gasteiger partial charge in [0, 0.05) is 22.0 Å². The number of anilines is 2. The quantitative estimate of drug-likeness (QED) is 0.828. The topological polar surface area (TPSA) is 41.1 Å². The van der Waals surface area contributed by atoms with Crippen LogP contribution in [0.25, 0.3) is 0 Å². The molecule has 0 saturated carbocycles. The Morgan fingerprint density at radius 3 is 2.89 bits per heavy atom. The lowest BCUT2D eigenvalue weighted by Gasteiger charge is -2.08. The second-order valence-electron chi connectivity index (χ2n) is 3.92. The maximum Gasteiger partial charge on any atom is 0.221 e. The van der Waals surface area contributed by atoms with E-state index in [9.17, 15) is 4.79 Å². The molecule has 2 aromatic rings. The third kappa shape index (κ3) is 3.96. The van der Waals surface area contributed by atoms with Crippen molar-refractivity contribution in [3.63, 3.8) is 0 Å². The molecular formula is C13H12BrClN2OS. The van der Waals surface area contributed by atoms with Crippen molar-refractivity contribution in [3.05, 3.63) is 44.0 Å². The summed E-state index contributed by atoms with van der Waals surface area (Å²) in [4.78, 5) is 12.2. The van der Waals surface area contributed by atoms with Crippen molar-refractivity contribution in [2.75, 3.05) is 10.6 Å². The van der Waals surface area contributed by atoms with Crippen LogP contribution in [0.15, 0.2) is 34.1 Å². The summed E-state index contributed by atoms with van der Waals surface area (Å²) in [6.45, 7) is 2.16. The highest BCUT2D eigenvalue weighted by Crippen LogP contribution is 2.27. The number of benzene rings is 1. The fraction of sp³-hybridized carbons (Fsp3) is 0.154. The monoisotopic (exact) mass is 358 g/mol. The molecule has 6 heteroatoms. The Hall–Kier alpha value is -1.04. The number of rotatable bonds is 4. The van der Waals surface area contributed by atoms with Gasteiger partial charge in [-0.2, -0.15) is 0 Å². The van der Waals surface area contributed by atoms with Gasteiger partial charge in [0.25, 0.3) is 0 Å². The molecule has 2 rings (SSSR count). The molecule has 2 N–H and O–H groups in total. The first kappa shape index (κ1) is 14.4. The smallest absolute Gasteiger partial charge is 0.221 e. The maximum atomic E-state index is 11.1. The first-order chi connectivity index (χ1) is 9.06. The second-order valence-corrected chi connectivity index (χ2v) is 6.18. The van der Waals surface area contributed by atoms with Crippen LogP contribution in [0, 0.1) is 0 Å². The summed E-state index contributed by atoms with van der Waals surface area (Å²) in [6, 6.07) is 7.57. The van der Waals surface area contributed by atoms with E-state index in [4.69, 9.17) is 11.6 Å². The van der Waals surface area contributed by atoms with Crippen LogP contribution in [0.4, 0.5) is 11.4 Å². The van der Waals surface area contributed by atoms with Gasteiger partial charge in [0.2, 0.25) is 5.91 Å². The molecule has 0 spiro atoms. The summed E-state index contributed by atoms with van der Waals surface area (Å²) >= 11 is 10.9. The van der Waals surface area contributed by atoms with E-state index in [0.29, 0.717) is 11.6 Å². The van der Waals surface area contributed by atoms with Gasteiger partial charge in [-0.15, -0.1) is 11.3 Å². The summed E-state index contributed by atoms with van der Waals surface area (Å²) in [5.41, 5.74) is 1.83. The number of halogens is 2. The van der Waals surface area contributed by atoms with Crippen molar-refractivity contribution >= 4 is 56.1 Å². The molecule has 0 atom stereocenters. The first-order valence-electron chi connectivity index (χ1n) is 5.59. The van der Waals surface area contributed by atoms with Gasteiger partial charge in [-0.25, -0.2) is 0 Å². The summed E-state index contributed by atoms with van der Waals surface area (Å²) in [6.07, 6.45) is 0. The fourth-order valence-electron chi connectivity index (χ4n) is 1.57. The highest BCUT2D eigenvalue weighted by molar-refractivity contribution is 9.10. The Kier molecular flexibility index (Phi) is 4.85. The van der Waals surface area contributed by atoms with Gasteiger partial charge in [0.1, 0.15) is 0 Å². The number of carbonyl (C=O) groups excluding carboxylic acids is 1. The summed E-state index contributed by atoms with van der Waals surface area (Å²) in [5, 5.41) is 8.75. The maximum absolute atomic E-state index is 11.1. The van der Waals surface area contributed by atoms with Crippen molar-refractivity contribution < 1.29 is 4.79 Å². The van der Waals surface area contributed by atoms with E-state index in [1.54, 1.807) is 11.3 Å². The number of carbonyl (C=O) groups is 1. The van der Waals surface area contributed by atoms with Gasteiger partial charge in [0.15, 0.2) is 0 Å². The third-order valence-electron chi connectivity index (χ3n) is 2.43. The minimum atomic E-state index is -0.0612. The standard InChI is InChI=1S/C13H12BrClN2OS/c1-8(18)17-12-4-5-19-13(12)7-16-9-2-3-11(15)10(14)6-9/h2-6,16H,7H2,1H3,(H,17,18). The molecule has 100 valence electrons. The third-order valence-corrected chi connectivity index (χ3v) is 4.56. The fourth-order valence-corrected chi connectivity index (χ4v) is 2.83. The number of hydrogen-bond acceptors (Lipinski definition) is 3. The van der Waals surface area contributed by atoms with Gasteiger partial charge in [-0.1, -0.05) is 11.6 Å². The average Bonchev–Trinajstić information content (AvgIpc) is 2.77. The van der Waals surface area contributed by atoms with Crippen molar-refractivity contribution in [1.82, 2.24) is 0 Å². The Labute approximate surface area is 129 Å². The molecule has 1 amide bonds. The van der Waals surface area contributed by atoms with Gasteiger partial charge in [-0.05, 0) is 45.6 Å². The predicted molar refractivity (Wildman–Crippen MR) is 85.1 cm³/mol. The van der Waals surface area contributed by atoms with Crippen LogP contribution in [0.3, 0.4) is 0 Å². The minimum Gasteiger partial charge on any atom is -0.380 e. The molecule has 0 aliphatic rings. The molecule has 0 unspecified atom stereocenters. The highest BCUT2D eigenvalue weighted by atomic mass is 79.9. The Morgan fingerprint density at radius 1 is 1.42 bits per heavy atom. The lowest BCUT2D eigenvalue weighted by atomic mass is 10.3. The molecule has 19 heavy (non-hydrogen) atoms. The lowest BCUT2D eigenvalue weighted by Crippen LogP contribution is -2.08. The molecular weight excluding hydrogens is 348 g/mol. The van der Waals surface area contributed by atoms with Crippen molar-refractivity contribution in [3.8, 4) is 0 Å². The number of hydrogen-bond donors (Lipinski definition) is 2. The van der Waals surface area contributed by atoms with Gasteiger partial charge in [-0.3, -0.25) is 4.79 Å². The first-order valence-corrected chi connectivity index (χ1v) is 7.64. The van der Waals surface area contributed by atoms with Crippen LogP contribution in [-0.4, -0.2) is 5.91 Å². The average molecular weight is 360 g/mol. The van der Waals surface area contributed by atoms with Gasteiger partial charge >= 0.3 is 0 Å². The van der Waals surface area contributed by atoms with Crippen LogP contribution >= 0.6 is 38.9 Å². The largest absolute Gasteiger partial charge is 0.380 e. The SMILES string of the molecule is CC(=O)Nc1ccsc1CNc1ccc(Cl)c(Br)c1. The van der Waals surface area contributed by atoms with Crippen LogP contribution < -0.4 is 10.6 Å². The second kappa shape index (κ2) is 6.41. The van der Waals surface area contributed by atoms with E-state index in [1.165, 1.54) is 6.92 Å². The van der Waals surface area contributed by atoms with E-state index >= 15 is 0 Å². The number of nitrogens with one attached hydrogen (secondary N) is 2. The van der Waals surface area contributed by atoms with Crippen molar-refractivity contribution in [1.29, 1.82) is 0 Å². The van der Waals surface area contributed by atoms with Crippen LogP contribution in [0.2, 0.25) is 5.02 Å². The van der Waals surface area contributed by atoms with Crippen LogP contribution in [0.1, 0.15) is 11.8 Å². The van der Waals surface area contributed by atoms with E-state index in [-0.39, 0.29) is 5.91 Å². The summed E-state index contributed by atoms with van der Waals surface area (Å²) in [5.74, 6) is -0.0612.